The maximum atomic E-state index is 10.7. The van der Waals surface area contributed by atoms with E-state index in [9.17, 15) is 9.90 Å². The molecule has 0 amide bonds. The quantitative estimate of drug-likeness (QED) is 0.795. The van der Waals surface area contributed by atoms with Crippen molar-refractivity contribution in [2.45, 2.75) is 0 Å². The van der Waals surface area contributed by atoms with Crippen LogP contribution in [-0.4, -0.2) is 16.2 Å². The molecule has 1 aromatic carbocycles. The van der Waals surface area contributed by atoms with Gasteiger partial charge in [0.2, 0.25) is 0 Å². The van der Waals surface area contributed by atoms with Crippen LogP contribution >= 0.6 is 33.9 Å². The van der Waals surface area contributed by atoms with Gasteiger partial charge in [0.1, 0.15) is 5.75 Å². The maximum Gasteiger partial charge on any atom is 0.349 e. The Hall–Kier alpha value is -0.820. The topological polar surface area (TPSA) is 57.5 Å². The highest BCUT2D eigenvalue weighted by Crippen LogP contribution is 2.37. The first kappa shape index (κ1) is 9.72. The molecule has 2 rings (SSSR count). The summed E-state index contributed by atoms with van der Waals surface area (Å²) < 4.78 is 1.76. The smallest absolute Gasteiger partial charge is 0.349 e. The highest BCUT2D eigenvalue weighted by Gasteiger charge is 2.16. The van der Waals surface area contributed by atoms with Gasteiger partial charge in [0.15, 0.2) is 4.88 Å². The summed E-state index contributed by atoms with van der Waals surface area (Å²) in [5.74, 6) is -1.21. The van der Waals surface area contributed by atoms with Gasteiger partial charge in [-0.25, -0.2) is 4.79 Å². The van der Waals surface area contributed by atoms with Crippen molar-refractivity contribution >= 4 is 50.0 Å². The number of carboxylic acid groups (broad SMARTS) is 1. The van der Waals surface area contributed by atoms with E-state index in [4.69, 9.17) is 5.11 Å². The largest absolute Gasteiger partial charge is 0.505 e. The third-order valence-corrected chi connectivity index (χ3v) is 3.64. The molecule has 72 valence electrons. The summed E-state index contributed by atoms with van der Waals surface area (Å²) in [5.41, 5.74) is 0. The molecule has 1 aromatic heterocycles. The van der Waals surface area contributed by atoms with Gasteiger partial charge in [0, 0.05) is 13.7 Å². The molecule has 0 saturated heterocycles. The average molecular weight is 320 g/mol. The van der Waals surface area contributed by atoms with E-state index in [1.165, 1.54) is 0 Å². The lowest BCUT2D eigenvalue weighted by atomic mass is 10.2. The Morgan fingerprint density at radius 3 is 2.79 bits per heavy atom. The van der Waals surface area contributed by atoms with Crippen molar-refractivity contribution in [1.29, 1.82) is 0 Å². The number of carboxylic acids is 1. The zero-order valence-electron chi connectivity index (χ0n) is 6.82. The van der Waals surface area contributed by atoms with Crippen LogP contribution in [0.5, 0.6) is 5.75 Å². The van der Waals surface area contributed by atoms with E-state index in [0.29, 0.717) is 5.39 Å². The first-order valence-corrected chi connectivity index (χ1v) is 5.63. The molecule has 0 aliphatic rings. The molecule has 0 atom stereocenters. The average Bonchev–Trinajstić information content (AvgIpc) is 2.44. The summed E-state index contributed by atoms with van der Waals surface area (Å²) in [4.78, 5) is 10.7. The van der Waals surface area contributed by atoms with Crippen LogP contribution in [0.15, 0.2) is 18.2 Å². The van der Waals surface area contributed by atoms with E-state index in [1.807, 2.05) is 12.1 Å². The lowest BCUT2D eigenvalue weighted by molar-refractivity contribution is 0.0699. The minimum absolute atomic E-state index is 0.00185. The third kappa shape index (κ3) is 1.46. The second-order valence-corrected chi connectivity index (χ2v) is 5.02. The van der Waals surface area contributed by atoms with Gasteiger partial charge in [-0.2, -0.15) is 0 Å². The fraction of sp³-hybridized carbons (Fsp3) is 0. The summed E-state index contributed by atoms with van der Waals surface area (Å²) in [7, 11) is 0. The molecule has 0 fully saturated rings. The summed E-state index contributed by atoms with van der Waals surface area (Å²) in [6.07, 6.45) is 0. The van der Waals surface area contributed by atoms with Gasteiger partial charge in [-0.3, -0.25) is 0 Å². The SMILES string of the molecule is O=C(O)c1sc2ccc(I)cc2c1O. The number of rotatable bonds is 1. The van der Waals surface area contributed by atoms with Gasteiger partial charge < -0.3 is 10.2 Å². The fourth-order valence-electron chi connectivity index (χ4n) is 1.20. The minimum atomic E-state index is -1.08. The van der Waals surface area contributed by atoms with Gasteiger partial charge in [-0.05, 0) is 40.8 Å². The van der Waals surface area contributed by atoms with Crippen molar-refractivity contribution in [3.63, 3.8) is 0 Å². The van der Waals surface area contributed by atoms with E-state index in [-0.39, 0.29) is 10.6 Å². The van der Waals surface area contributed by atoms with Crippen LogP contribution in [0.3, 0.4) is 0 Å². The van der Waals surface area contributed by atoms with Gasteiger partial charge in [-0.1, -0.05) is 0 Å². The molecule has 0 unspecified atom stereocenters. The van der Waals surface area contributed by atoms with Gasteiger partial charge in [-0.15, -0.1) is 11.3 Å². The number of benzene rings is 1. The second-order valence-electron chi connectivity index (χ2n) is 2.73. The lowest BCUT2D eigenvalue weighted by Gasteiger charge is -1.92. The molecule has 2 N–H and O–H groups in total. The summed E-state index contributed by atoms with van der Waals surface area (Å²) in [6, 6.07) is 5.46. The van der Waals surface area contributed by atoms with Crippen LogP contribution < -0.4 is 0 Å². The summed E-state index contributed by atoms with van der Waals surface area (Å²) in [5, 5.41) is 19.0. The molecule has 5 heteroatoms. The molecular formula is C9H5IO3S. The first-order chi connectivity index (χ1) is 6.59. The predicted molar refractivity (Wildman–Crippen MR) is 63.2 cm³/mol. The van der Waals surface area contributed by atoms with Crippen LogP contribution in [0, 0.1) is 3.57 Å². The predicted octanol–water partition coefficient (Wildman–Crippen LogP) is 2.91. The van der Waals surface area contributed by atoms with Crippen LogP contribution in [-0.2, 0) is 0 Å². The highest BCUT2D eigenvalue weighted by atomic mass is 127. The number of halogens is 1. The number of aromatic carboxylic acids is 1. The summed E-state index contributed by atoms with van der Waals surface area (Å²) in [6.45, 7) is 0. The number of hydrogen-bond acceptors (Lipinski definition) is 3. The normalized spacial score (nSPS) is 10.6. The number of thiophene rings is 1. The molecule has 0 bridgehead atoms. The minimum Gasteiger partial charge on any atom is -0.505 e. The first-order valence-electron chi connectivity index (χ1n) is 3.74. The van der Waals surface area contributed by atoms with Crippen molar-refractivity contribution in [1.82, 2.24) is 0 Å². The van der Waals surface area contributed by atoms with Crippen LogP contribution in [0.4, 0.5) is 0 Å². The van der Waals surface area contributed by atoms with E-state index in [2.05, 4.69) is 22.6 Å². The van der Waals surface area contributed by atoms with Gasteiger partial charge >= 0.3 is 5.97 Å². The third-order valence-electron chi connectivity index (χ3n) is 1.82. The molecular weight excluding hydrogens is 315 g/mol. The Kier molecular flexibility index (Phi) is 2.36. The molecule has 0 aliphatic carbocycles. The number of aromatic hydroxyl groups is 1. The molecule has 2 aromatic rings. The number of carbonyl (C=O) groups is 1. The standard InChI is InChI=1S/C9H5IO3S/c10-4-1-2-6-5(3-4)7(11)8(14-6)9(12)13/h1-3,11H,(H,12,13). The number of fused-ring (bicyclic) bond motifs is 1. The Labute approximate surface area is 97.1 Å². The monoisotopic (exact) mass is 320 g/mol. The molecule has 0 saturated carbocycles. The fourth-order valence-corrected chi connectivity index (χ4v) is 2.61. The zero-order chi connectivity index (χ0) is 10.3. The zero-order valence-corrected chi connectivity index (χ0v) is 9.79. The van der Waals surface area contributed by atoms with Crippen molar-refractivity contribution in [2.24, 2.45) is 0 Å². The Morgan fingerprint density at radius 1 is 1.43 bits per heavy atom. The van der Waals surface area contributed by atoms with Crippen molar-refractivity contribution < 1.29 is 15.0 Å². The van der Waals surface area contributed by atoms with Gasteiger partial charge in [0.05, 0.1) is 0 Å². The van der Waals surface area contributed by atoms with E-state index >= 15 is 0 Å². The van der Waals surface area contributed by atoms with Gasteiger partial charge in [0.25, 0.3) is 0 Å². The van der Waals surface area contributed by atoms with E-state index in [0.717, 1.165) is 19.6 Å². The van der Waals surface area contributed by atoms with Crippen LogP contribution in [0.1, 0.15) is 9.67 Å². The van der Waals surface area contributed by atoms with Crippen LogP contribution in [0.2, 0.25) is 0 Å². The number of hydrogen-bond donors (Lipinski definition) is 2. The van der Waals surface area contributed by atoms with E-state index in [1.54, 1.807) is 6.07 Å². The second kappa shape index (κ2) is 3.39. The summed E-state index contributed by atoms with van der Waals surface area (Å²) >= 11 is 3.21. The van der Waals surface area contributed by atoms with Crippen molar-refractivity contribution in [2.75, 3.05) is 0 Å². The molecule has 3 nitrogen and oxygen atoms in total. The Morgan fingerprint density at radius 2 is 2.14 bits per heavy atom. The van der Waals surface area contributed by atoms with Crippen molar-refractivity contribution in [3.8, 4) is 5.75 Å². The molecule has 0 spiro atoms. The maximum absolute atomic E-state index is 10.7. The van der Waals surface area contributed by atoms with Crippen LogP contribution in [0.25, 0.3) is 10.1 Å². The molecule has 14 heavy (non-hydrogen) atoms. The molecule has 0 radical (unpaired) electrons. The van der Waals surface area contributed by atoms with Crippen molar-refractivity contribution in [3.05, 3.63) is 26.6 Å². The highest BCUT2D eigenvalue weighted by molar-refractivity contribution is 14.1. The van der Waals surface area contributed by atoms with E-state index < -0.39 is 5.97 Å². The Balaban J connectivity index is 2.80. The Bertz CT molecular complexity index is 518. The lowest BCUT2D eigenvalue weighted by Crippen LogP contribution is -1.90. The molecule has 1 heterocycles. The molecule has 0 aliphatic heterocycles.